The third-order valence-electron chi connectivity index (χ3n) is 3.07. The number of aromatic nitrogens is 2. The van der Waals surface area contributed by atoms with Crippen LogP contribution >= 0.6 is 0 Å². The first-order valence-corrected chi connectivity index (χ1v) is 6.51. The molecule has 3 heteroatoms. The van der Waals surface area contributed by atoms with Crippen LogP contribution in [0.4, 0.5) is 11.6 Å². The van der Waals surface area contributed by atoms with E-state index in [0.717, 1.165) is 23.9 Å². The molecule has 96 valence electrons. The Balaban J connectivity index is 2.33. The van der Waals surface area contributed by atoms with Crippen molar-refractivity contribution in [2.45, 2.75) is 40.2 Å². The zero-order valence-electron chi connectivity index (χ0n) is 11.6. The molecule has 0 bridgehead atoms. The predicted molar refractivity (Wildman–Crippen MR) is 76.5 cm³/mol. The van der Waals surface area contributed by atoms with Gasteiger partial charge in [0.1, 0.15) is 0 Å². The van der Waals surface area contributed by atoms with E-state index in [-0.39, 0.29) is 0 Å². The van der Waals surface area contributed by atoms with E-state index in [1.165, 1.54) is 5.56 Å². The van der Waals surface area contributed by atoms with Crippen molar-refractivity contribution < 1.29 is 0 Å². The average Bonchev–Trinajstić information content (AvgIpc) is 2.70. The minimum atomic E-state index is 0.500. The summed E-state index contributed by atoms with van der Waals surface area (Å²) in [5.41, 5.74) is 3.51. The van der Waals surface area contributed by atoms with E-state index in [0.29, 0.717) is 5.92 Å². The van der Waals surface area contributed by atoms with Gasteiger partial charge in [-0.05, 0) is 31.4 Å². The van der Waals surface area contributed by atoms with Gasteiger partial charge < -0.3 is 9.88 Å². The number of hydrogen-bond donors (Lipinski definition) is 1. The van der Waals surface area contributed by atoms with Gasteiger partial charge in [-0.1, -0.05) is 32.0 Å². The molecule has 0 saturated carbocycles. The lowest BCUT2D eigenvalue weighted by molar-refractivity contribution is 0.770. The van der Waals surface area contributed by atoms with Crippen LogP contribution < -0.4 is 5.32 Å². The molecule has 2 aromatic rings. The molecule has 0 fully saturated rings. The number of nitrogens with zero attached hydrogens (tertiary/aromatic N) is 2. The molecule has 0 spiro atoms. The molecule has 2 rings (SSSR count). The van der Waals surface area contributed by atoms with E-state index in [4.69, 9.17) is 0 Å². The van der Waals surface area contributed by atoms with E-state index in [1.807, 2.05) is 6.92 Å². The van der Waals surface area contributed by atoms with Gasteiger partial charge >= 0.3 is 0 Å². The molecule has 0 unspecified atom stereocenters. The molecule has 0 saturated heterocycles. The lowest BCUT2D eigenvalue weighted by Gasteiger charge is -2.14. The maximum absolute atomic E-state index is 4.53. The lowest BCUT2D eigenvalue weighted by Crippen LogP contribution is -2.04. The number of benzene rings is 1. The summed E-state index contributed by atoms with van der Waals surface area (Å²) in [5, 5.41) is 3.45. The standard InChI is InChI=1S/C15H21N3/c1-5-18-10-12(4)16-15(18)17-14-9-7-6-8-13(14)11(2)3/h6-11H,5H2,1-4H3,(H,16,17). The lowest BCUT2D eigenvalue weighted by atomic mass is 10.0. The monoisotopic (exact) mass is 243 g/mol. The van der Waals surface area contributed by atoms with E-state index in [1.54, 1.807) is 0 Å². The minimum Gasteiger partial charge on any atom is -0.325 e. The first kappa shape index (κ1) is 12.7. The van der Waals surface area contributed by atoms with Crippen LogP contribution in [-0.2, 0) is 6.54 Å². The number of aryl methyl sites for hydroxylation is 2. The Morgan fingerprint density at radius 1 is 1.28 bits per heavy atom. The fraction of sp³-hybridized carbons (Fsp3) is 0.400. The highest BCUT2D eigenvalue weighted by molar-refractivity contribution is 5.59. The van der Waals surface area contributed by atoms with Crippen LogP contribution in [0.25, 0.3) is 0 Å². The minimum absolute atomic E-state index is 0.500. The summed E-state index contributed by atoms with van der Waals surface area (Å²) in [4.78, 5) is 4.53. The molecular formula is C15H21N3. The topological polar surface area (TPSA) is 29.9 Å². The Morgan fingerprint density at radius 2 is 2.00 bits per heavy atom. The van der Waals surface area contributed by atoms with Crippen LogP contribution in [0.2, 0.25) is 0 Å². The molecule has 0 aliphatic rings. The molecule has 0 aliphatic heterocycles. The fourth-order valence-corrected chi connectivity index (χ4v) is 2.12. The summed E-state index contributed by atoms with van der Waals surface area (Å²) >= 11 is 0. The number of rotatable bonds is 4. The summed E-state index contributed by atoms with van der Waals surface area (Å²) in [6, 6.07) is 8.41. The number of anilines is 2. The van der Waals surface area contributed by atoms with Gasteiger partial charge in [0, 0.05) is 18.4 Å². The second kappa shape index (κ2) is 5.25. The highest BCUT2D eigenvalue weighted by atomic mass is 15.2. The molecule has 1 aromatic carbocycles. The number of para-hydroxylation sites is 1. The molecule has 3 nitrogen and oxygen atoms in total. The molecule has 0 atom stereocenters. The summed E-state index contributed by atoms with van der Waals surface area (Å²) in [5.74, 6) is 1.42. The average molecular weight is 243 g/mol. The summed E-state index contributed by atoms with van der Waals surface area (Å²) in [7, 11) is 0. The second-order valence-corrected chi connectivity index (χ2v) is 4.86. The maximum Gasteiger partial charge on any atom is 0.207 e. The van der Waals surface area contributed by atoms with Gasteiger partial charge in [0.15, 0.2) is 0 Å². The number of hydrogen-bond acceptors (Lipinski definition) is 2. The molecular weight excluding hydrogens is 222 g/mol. The maximum atomic E-state index is 4.53. The predicted octanol–water partition coefficient (Wildman–Crippen LogP) is 4.08. The third-order valence-corrected chi connectivity index (χ3v) is 3.07. The Labute approximate surface area is 109 Å². The van der Waals surface area contributed by atoms with Crippen LogP contribution in [-0.4, -0.2) is 9.55 Å². The molecule has 0 amide bonds. The smallest absolute Gasteiger partial charge is 0.207 e. The molecule has 0 radical (unpaired) electrons. The number of nitrogens with one attached hydrogen (secondary N) is 1. The van der Waals surface area contributed by atoms with Crippen molar-refractivity contribution in [1.29, 1.82) is 0 Å². The van der Waals surface area contributed by atoms with Crippen LogP contribution in [0.5, 0.6) is 0 Å². The van der Waals surface area contributed by atoms with Crippen LogP contribution in [0.15, 0.2) is 30.5 Å². The third kappa shape index (κ3) is 2.55. The van der Waals surface area contributed by atoms with Crippen LogP contribution in [0.3, 0.4) is 0 Å². The fourth-order valence-electron chi connectivity index (χ4n) is 2.12. The first-order chi connectivity index (χ1) is 8.61. The molecule has 0 aliphatic carbocycles. The zero-order chi connectivity index (χ0) is 13.1. The van der Waals surface area contributed by atoms with E-state index < -0.39 is 0 Å². The van der Waals surface area contributed by atoms with E-state index in [9.17, 15) is 0 Å². The highest BCUT2D eigenvalue weighted by Gasteiger charge is 2.09. The molecule has 18 heavy (non-hydrogen) atoms. The summed E-state index contributed by atoms with van der Waals surface area (Å²) in [6.45, 7) is 9.48. The summed E-state index contributed by atoms with van der Waals surface area (Å²) < 4.78 is 2.13. The van der Waals surface area contributed by atoms with Crippen molar-refractivity contribution in [3.8, 4) is 0 Å². The van der Waals surface area contributed by atoms with Gasteiger partial charge in [-0.15, -0.1) is 0 Å². The normalized spacial score (nSPS) is 10.9. The Bertz CT molecular complexity index is 526. The number of imidazole rings is 1. The van der Waals surface area contributed by atoms with Crippen molar-refractivity contribution in [2.24, 2.45) is 0 Å². The second-order valence-electron chi connectivity index (χ2n) is 4.86. The van der Waals surface area contributed by atoms with Gasteiger partial charge in [0.25, 0.3) is 0 Å². The molecule has 1 aromatic heterocycles. The summed E-state index contributed by atoms with van der Waals surface area (Å²) in [6.07, 6.45) is 2.07. The Kier molecular flexibility index (Phi) is 3.70. The Hall–Kier alpha value is -1.77. The van der Waals surface area contributed by atoms with Crippen molar-refractivity contribution in [2.75, 3.05) is 5.32 Å². The van der Waals surface area contributed by atoms with Crippen molar-refractivity contribution in [3.05, 3.63) is 41.7 Å². The largest absolute Gasteiger partial charge is 0.325 e. The van der Waals surface area contributed by atoms with E-state index in [2.05, 4.69) is 66.1 Å². The van der Waals surface area contributed by atoms with Gasteiger partial charge in [-0.2, -0.15) is 0 Å². The van der Waals surface area contributed by atoms with Crippen molar-refractivity contribution >= 4 is 11.6 Å². The van der Waals surface area contributed by atoms with Crippen molar-refractivity contribution in [1.82, 2.24) is 9.55 Å². The van der Waals surface area contributed by atoms with Crippen LogP contribution in [0, 0.1) is 6.92 Å². The first-order valence-electron chi connectivity index (χ1n) is 6.51. The van der Waals surface area contributed by atoms with Gasteiger partial charge in [0.2, 0.25) is 5.95 Å². The highest BCUT2D eigenvalue weighted by Crippen LogP contribution is 2.26. The van der Waals surface area contributed by atoms with Gasteiger partial charge in [0.05, 0.1) is 5.69 Å². The molecule has 1 N–H and O–H groups in total. The Morgan fingerprint density at radius 3 is 2.67 bits per heavy atom. The van der Waals surface area contributed by atoms with Crippen molar-refractivity contribution in [3.63, 3.8) is 0 Å². The SMILES string of the molecule is CCn1cc(C)nc1Nc1ccccc1C(C)C. The zero-order valence-corrected chi connectivity index (χ0v) is 11.6. The van der Waals surface area contributed by atoms with Gasteiger partial charge in [-0.3, -0.25) is 0 Å². The van der Waals surface area contributed by atoms with Crippen LogP contribution in [0.1, 0.15) is 37.9 Å². The quantitative estimate of drug-likeness (QED) is 0.877. The molecule has 1 heterocycles. The van der Waals surface area contributed by atoms with E-state index >= 15 is 0 Å². The van der Waals surface area contributed by atoms with Gasteiger partial charge in [-0.25, -0.2) is 4.98 Å².